The monoisotopic (exact) mass is 404 g/mol. The van der Waals surface area contributed by atoms with Crippen LogP contribution in [-0.4, -0.2) is 23.6 Å². The number of ether oxygens (including phenoxy) is 1. The number of esters is 1. The summed E-state index contributed by atoms with van der Waals surface area (Å²) in [6.07, 6.45) is 0. The number of nitrogens with one attached hydrogen (secondary N) is 1. The molecule has 0 aliphatic carbocycles. The Hall–Kier alpha value is -2.64. The first-order valence-electron chi connectivity index (χ1n) is 8.21. The van der Waals surface area contributed by atoms with Gasteiger partial charge >= 0.3 is 5.97 Å². The highest BCUT2D eigenvalue weighted by atomic mass is 35.5. The summed E-state index contributed by atoms with van der Waals surface area (Å²) in [5.41, 5.74) is 1.97. The molecule has 8 heteroatoms. The van der Waals surface area contributed by atoms with Gasteiger partial charge in [0.1, 0.15) is 5.00 Å². The Morgan fingerprint density at radius 1 is 1.30 bits per heavy atom. The summed E-state index contributed by atoms with van der Waals surface area (Å²) in [6, 6.07) is 8.57. The standard InChI is InChI=1S/C19H17ClN2O4S/c1-4-25-19(24)16-10(2)11(3)27-18(16)21-17(23)14-9-15(26-22-14)12-6-5-7-13(20)8-12/h5-9H,4H2,1-3H3,(H,21,23). The number of aromatic nitrogens is 1. The van der Waals surface area contributed by atoms with Gasteiger partial charge in [0.05, 0.1) is 12.2 Å². The number of nitrogens with zero attached hydrogens (tertiary/aromatic N) is 1. The summed E-state index contributed by atoms with van der Waals surface area (Å²) in [4.78, 5) is 25.7. The van der Waals surface area contributed by atoms with Crippen LogP contribution in [-0.2, 0) is 4.74 Å². The summed E-state index contributed by atoms with van der Waals surface area (Å²) in [5, 5.41) is 7.54. The molecule has 0 unspecified atom stereocenters. The van der Waals surface area contributed by atoms with E-state index in [1.807, 2.05) is 13.8 Å². The van der Waals surface area contributed by atoms with Gasteiger partial charge < -0.3 is 14.6 Å². The van der Waals surface area contributed by atoms with E-state index in [0.717, 1.165) is 10.4 Å². The molecule has 0 aliphatic heterocycles. The molecule has 2 heterocycles. The van der Waals surface area contributed by atoms with Crippen molar-refractivity contribution in [3.63, 3.8) is 0 Å². The van der Waals surface area contributed by atoms with Gasteiger partial charge in [-0.3, -0.25) is 4.79 Å². The smallest absolute Gasteiger partial charge is 0.341 e. The predicted molar refractivity (Wildman–Crippen MR) is 105 cm³/mol. The summed E-state index contributed by atoms with van der Waals surface area (Å²) < 4.78 is 10.3. The van der Waals surface area contributed by atoms with Gasteiger partial charge in [0.2, 0.25) is 0 Å². The van der Waals surface area contributed by atoms with Crippen molar-refractivity contribution in [2.24, 2.45) is 0 Å². The van der Waals surface area contributed by atoms with E-state index in [1.54, 1.807) is 31.2 Å². The van der Waals surface area contributed by atoms with Gasteiger partial charge in [-0.15, -0.1) is 11.3 Å². The second-order valence-electron chi connectivity index (χ2n) is 5.75. The molecule has 0 saturated heterocycles. The third kappa shape index (κ3) is 4.04. The minimum absolute atomic E-state index is 0.100. The van der Waals surface area contributed by atoms with Gasteiger partial charge in [-0.1, -0.05) is 28.9 Å². The number of anilines is 1. The normalized spacial score (nSPS) is 10.7. The third-order valence-corrected chi connectivity index (χ3v) is 5.30. The van der Waals surface area contributed by atoms with E-state index in [-0.39, 0.29) is 12.3 Å². The molecule has 0 aliphatic rings. The first-order valence-corrected chi connectivity index (χ1v) is 9.41. The van der Waals surface area contributed by atoms with Crippen LogP contribution in [0.5, 0.6) is 0 Å². The second-order valence-corrected chi connectivity index (χ2v) is 7.41. The molecule has 3 rings (SSSR count). The van der Waals surface area contributed by atoms with Crippen LogP contribution in [0.15, 0.2) is 34.9 Å². The average molecular weight is 405 g/mol. The van der Waals surface area contributed by atoms with Gasteiger partial charge in [-0.25, -0.2) is 4.79 Å². The van der Waals surface area contributed by atoms with Gasteiger partial charge in [0.25, 0.3) is 5.91 Å². The molecule has 1 amide bonds. The van der Waals surface area contributed by atoms with Gasteiger partial charge in [-0.2, -0.15) is 0 Å². The number of hydrogen-bond acceptors (Lipinski definition) is 6. The molecular weight excluding hydrogens is 388 g/mol. The van der Waals surface area contributed by atoms with E-state index in [2.05, 4.69) is 10.5 Å². The highest BCUT2D eigenvalue weighted by Gasteiger charge is 2.23. The molecule has 27 heavy (non-hydrogen) atoms. The molecule has 1 N–H and O–H groups in total. The molecule has 0 radical (unpaired) electrons. The van der Waals surface area contributed by atoms with Crippen LogP contribution in [0.3, 0.4) is 0 Å². The van der Waals surface area contributed by atoms with Crippen molar-refractivity contribution in [2.75, 3.05) is 11.9 Å². The number of benzene rings is 1. The van der Waals surface area contributed by atoms with Crippen molar-refractivity contribution in [1.82, 2.24) is 5.16 Å². The quantitative estimate of drug-likeness (QED) is 0.598. The number of halogens is 1. The number of carbonyl (C=O) groups is 2. The summed E-state index contributed by atoms with van der Waals surface area (Å²) in [6.45, 7) is 5.69. The number of hydrogen-bond donors (Lipinski definition) is 1. The fraction of sp³-hybridized carbons (Fsp3) is 0.211. The van der Waals surface area contributed by atoms with Crippen LogP contribution in [0.1, 0.15) is 38.2 Å². The van der Waals surface area contributed by atoms with Crippen LogP contribution in [0, 0.1) is 13.8 Å². The molecule has 0 atom stereocenters. The predicted octanol–water partition coefficient (Wildman–Crippen LogP) is 5.10. The molecule has 6 nitrogen and oxygen atoms in total. The van der Waals surface area contributed by atoms with Crippen molar-refractivity contribution >= 4 is 39.8 Å². The zero-order valence-electron chi connectivity index (χ0n) is 15.0. The molecule has 3 aromatic rings. The highest BCUT2D eigenvalue weighted by molar-refractivity contribution is 7.16. The number of aryl methyl sites for hydroxylation is 1. The summed E-state index contributed by atoms with van der Waals surface area (Å²) in [7, 11) is 0. The maximum atomic E-state index is 12.6. The Kier molecular flexibility index (Phi) is 5.62. The molecular formula is C19H17ClN2O4S. The van der Waals surface area contributed by atoms with Crippen molar-refractivity contribution < 1.29 is 18.8 Å². The average Bonchev–Trinajstić information content (AvgIpc) is 3.21. The molecule has 2 aromatic heterocycles. The Balaban J connectivity index is 1.85. The Labute approximate surface area is 165 Å². The lowest BCUT2D eigenvalue weighted by atomic mass is 10.1. The Morgan fingerprint density at radius 2 is 2.07 bits per heavy atom. The molecule has 0 bridgehead atoms. The number of carbonyl (C=O) groups excluding carboxylic acids is 2. The van der Waals surface area contributed by atoms with Crippen molar-refractivity contribution in [3.8, 4) is 11.3 Å². The molecule has 0 spiro atoms. The number of thiophene rings is 1. The van der Waals surface area contributed by atoms with Crippen LogP contribution >= 0.6 is 22.9 Å². The highest BCUT2D eigenvalue weighted by Crippen LogP contribution is 2.33. The van der Waals surface area contributed by atoms with Crippen LogP contribution in [0.4, 0.5) is 5.00 Å². The largest absolute Gasteiger partial charge is 0.462 e. The lowest BCUT2D eigenvalue weighted by Gasteiger charge is -2.05. The maximum Gasteiger partial charge on any atom is 0.341 e. The summed E-state index contributed by atoms with van der Waals surface area (Å²) in [5.74, 6) is -0.514. The van der Waals surface area contributed by atoms with E-state index < -0.39 is 11.9 Å². The van der Waals surface area contributed by atoms with E-state index >= 15 is 0 Å². The first kappa shape index (κ1) is 19.1. The molecule has 1 aromatic carbocycles. The number of amides is 1. The zero-order chi connectivity index (χ0) is 19.6. The minimum Gasteiger partial charge on any atom is -0.462 e. The summed E-state index contributed by atoms with van der Waals surface area (Å²) >= 11 is 7.29. The van der Waals surface area contributed by atoms with Crippen LogP contribution < -0.4 is 5.32 Å². The lowest BCUT2D eigenvalue weighted by Crippen LogP contribution is -2.15. The van der Waals surface area contributed by atoms with E-state index in [4.69, 9.17) is 20.9 Å². The van der Waals surface area contributed by atoms with Crippen molar-refractivity contribution in [3.05, 3.63) is 57.1 Å². The molecule has 0 fully saturated rings. The van der Waals surface area contributed by atoms with Crippen molar-refractivity contribution in [2.45, 2.75) is 20.8 Å². The molecule has 140 valence electrons. The van der Waals surface area contributed by atoms with E-state index in [1.165, 1.54) is 17.4 Å². The van der Waals surface area contributed by atoms with Crippen molar-refractivity contribution in [1.29, 1.82) is 0 Å². The van der Waals surface area contributed by atoms with Crippen LogP contribution in [0.25, 0.3) is 11.3 Å². The fourth-order valence-corrected chi connectivity index (χ4v) is 3.73. The fourth-order valence-electron chi connectivity index (χ4n) is 2.49. The topological polar surface area (TPSA) is 81.4 Å². The maximum absolute atomic E-state index is 12.6. The van der Waals surface area contributed by atoms with Gasteiger partial charge in [-0.05, 0) is 38.5 Å². The first-order chi connectivity index (χ1) is 12.9. The molecule has 0 saturated carbocycles. The van der Waals surface area contributed by atoms with E-state index in [9.17, 15) is 9.59 Å². The number of rotatable bonds is 5. The van der Waals surface area contributed by atoms with E-state index in [0.29, 0.717) is 26.9 Å². The van der Waals surface area contributed by atoms with Crippen LogP contribution in [0.2, 0.25) is 5.02 Å². The van der Waals surface area contributed by atoms with Gasteiger partial charge in [0, 0.05) is 21.5 Å². The zero-order valence-corrected chi connectivity index (χ0v) is 16.5. The second kappa shape index (κ2) is 7.94. The minimum atomic E-state index is -0.473. The SMILES string of the molecule is CCOC(=O)c1c(NC(=O)c2cc(-c3cccc(Cl)c3)on2)sc(C)c1C. The van der Waals surface area contributed by atoms with Gasteiger partial charge in [0.15, 0.2) is 11.5 Å². The third-order valence-electron chi connectivity index (χ3n) is 3.94. The Bertz CT molecular complexity index is 1010. The Morgan fingerprint density at radius 3 is 2.78 bits per heavy atom. The lowest BCUT2D eigenvalue weighted by molar-refractivity contribution is 0.0527.